The fourth-order valence-corrected chi connectivity index (χ4v) is 3.20. The minimum atomic E-state index is -1.63. The Kier molecular flexibility index (Phi) is 9.67. The lowest BCUT2D eigenvalue weighted by Crippen LogP contribution is -2.54. The van der Waals surface area contributed by atoms with Crippen LogP contribution in [0.25, 0.3) is 0 Å². The molecule has 0 saturated heterocycles. The molecule has 35 heavy (non-hydrogen) atoms. The van der Waals surface area contributed by atoms with Crippen LogP contribution in [-0.4, -0.2) is 65.0 Å². The molecule has 0 bridgehead atoms. The van der Waals surface area contributed by atoms with Gasteiger partial charge >= 0.3 is 19.2 Å². The van der Waals surface area contributed by atoms with Crippen molar-refractivity contribution in [2.45, 2.75) is 51.3 Å². The fourth-order valence-electron chi connectivity index (χ4n) is 3.20. The summed E-state index contributed by atoms with van der Waals surface area (Å²) in [6.45, 7) is 5.07. The van der Waals surface area contributed by atoms with E-state index in [9.17, 15) is 29.5 Å². The molecule has 2 atom stereocenters. The summed E-state index contributed by atoms with van der Waals surface area (Å²) in [5.41, 5.74) is 0.793. The maximum absolute atomic E-state index is 13.2. The highest BCUT2D eigenvalue weighted by Gasteiger charge is 2.29. The number of rotatable bonds is 9. The Morgan fingerprint density at radius 3 is 1.89 bits per heavy atom. The number of phenolic OH excluding ortho intramolecular Hbond substituents is 1. The number of carbonyl (C=O) groups is 3. The number of esters is 1. The molecular formula is C24H31BN2O8. The van der Waals surface area contributed by atoms with Crippen LogP contribution in [0, 0.1) is 0 Å². The number of hydrogen-bond donors (Lipinski definition) is 5. The molecule has 0 heterocycles. The molecule has 2 rings (SSSR count). The maximum atomic E-state index is 13.2. The van der Waals surface area contributed by atoms with Crippen molar-refractivity contribution < 1.29 is 39.0 Å². The van der Waals surface area contributed by atoms with Gasteiger partial charge < -0.3 is 35.3 Å². The Hall–Kier alpha value is -3.57. The molecule has 0 aliphatic carbocycles. The summed E-state index contributed by atoms with van der Waals surface area (Å²) in [4.78, 5) is 38.0. The Labute approximate surface area is 204 Å². The van der Waals surface area contributed by atoms with E-state index >= 15 is 0 Å². The van der Waals surface area contributed by atoms with Gasteiger partial charge in [-0.2, -0.15) is 0 Å². The second kappa shape index (κ2) is 12.2. The number of hydrogen-bond acceptors (Lipinski definition) is 8. The number of methoxy groups -OCH3 is 1. The van der Waals surface area contributed by atoms with Crippen LogP contribution in [-0.2, 0) is 31.9 Å². The topological polar surface area (TPSA) is 154 Å². The molecule has 0 fully saturated rings. The van der Waals surface area contributed by atoms with Crippen molar-refractivity contribution in [3.8, 4) is 5.75 Å². The van der Waals surface area contributed by atoms with Crippen molar-refractivity contribution in [2.24, 2.45) is 0 Å². The highest BCUT2D eigenvalue weighted by atomic mass is 16.6. The van der Waals surface area contributed by atoms with E-state index in [1.165, 1.54) is 31.4 Å². The SMILES string of the molecule is COC(=O)[C@H](Cc1ccc(B(O)O)cc1)NC(=O)[C@H](Cc1ccc(O)cc1)NC(=O)OC(C)(C)C. The minimum absolute atomic E-state index is 0.0559. The van der Waals surface area contributed by atoms with Gasteiger partial charge in [-0.15, -0.1) is 0 Å². The summed E-state index contributed by atoms with van der Waals surface area (Å²) in [5, 5.41) is 33.2. The number of amides is 2. The molecule has 2 aromatic rings. The molecule has 5 N–H and O–H groups in total. The van der Waals surface area contributed by atoms with Gasteiger partial charge in [-0.05, 0) is 49.5 Å². The zero-order valence-electron chi connectivity index (χ0n) is 20.1. The molecule has 0 spiro atoms. The molecule has 0 aliphatic heterocycles. The number of nitrogens with one attached hydrogen (secondary N) is 2. The first kappa shape index (κ1) is 27.7. The first-order chi connectivity index (χ1) is 16.4. The van der Waals surface area contributed by atoms with E-state index in [-0.39, 0.29) is 24.1 Å². The average Bonchev–Trinajstić information content (AvgIpc) is 2.78. The normalized spacial score (nSPS) is 12.7. The van der Waals surface area contributed by atoms with Gasteiger partial charge in [-0.1, -0.05) is 36.4 Å². The van der Waals surface area contributed by atoms with Crippen LogP contribution >= 0.6 is 0 Å². The highest BCUT2D eigenvalue weighted by Crippen LogP contribution is 2.13. The van der Waals surface area contributed by atoms with Crippen LogP contribution in [0.5, 0.6) is 5.75 Å². The zero-order valence-corrected chi connectivity index (χ0v) is 20.1. The Morgan fingerprint density at radius 1 is 0.886 bits per heavy atom. The molecule has 0 radical (unpaired) electrons. The third kappa shape index (κ3) is 9.30. The number of carbonyl (C=O) groups excluding carboxylic acids is 3. The lowest BCUT2D eigenvalue weighted by atomic mass is 9.80. The van der Waals surface area contributed by atoms with Crippen LogP contribution in [0.2, 0.25) is 0 Å². The van der Waals surface area contributed by atoms with Crippen molar-refractivity contribution in [2.75, 3.05) is 7.11 Å². The lowest BCUT2D eigenvalue weighted by molar-refractivity contribution is -0.145. The van der Waals surface area contributed by atoms with Crippen LogP contribution in [0.1, 0.15) is 31.9 Å². The number of alkyl carbamates (subject to hydrolysis) is 1. The first-order valence-corrected chi connectivity index (χ1v) is 11.0. The molecule has 10 nitrogen and oxygen atoms in total. The number of phenols is 1. The van der Waals surface area contributed by atoms with Gasteiger partial charge in [0.15, 0.2) is 0 Å². The van der Waals surface area contributed by atoms with Gasteiger partial charge in [0, 0.05) is 12.8 Å². The van der Waals surface area contributed by atoms with Crippen LogP contribution in [0.3, 0.4) is 0 Å². The van der Waals surface area contributed by atoms with Gasteiger partial charge in [-0.3, -0.25) is 4.79 Å². The largest absolute Gasteiger partial charge is 0.508 e. The summed E-state index contributed by atoms with van der Waals surface area (Å²) in [5.74, 6) is -1.27. The Balaban J connectivity index is 2.21. The fraction of sp³-hybridized carbons (Fsp3) is 0.375. The summed E-state index contributed by atoms with van der Waals surface area (Å²) >= 11 is 0. The number of aromatic hydroxyl groups is 1. The molecule has 2 aromatic carbocycles. The second-order valence-electron chi connectivity index (χ2n) is 8.97. The standard InChI is InChI=1S/C24H31BN2O8/c1-24(2,3)35-23(31)27-19(13-16-7-11-18(28)12-8-16)21(29)26-20(22(30)34-4)14-15-5-9-17(10-6-15)25(32)33/h5-12,19-20,28,32-33H,13-14H2,1-4H3,(H,26,29)(H,27,31)/t19-,20-/m0/s1. The molecule has 0 saturated carbocycles. The monoisotopic (exact) mass is 486 g/mol. The van der Waals surface area contributed by atoms with E-state index in [1.807, 2.05) is 0 Å². The van der Waals surface area contributed by atoms with E-state index in [4.69, 9.17) is 9.47 Å². The van der Waals surface area contributed by atoms with Crippen molar-refractivity contribution in [1.82, 2.24) is 10.6 Å². The molecule has 0 aliphatic rings. The third-order valence-corrected chi connectivity index (χ3v) is 4.90. The van der Waals surface area contributed by atoms with Gasteiger partial charge in [0.2, 0.25) is 5.91 Å². The molecule has 0 unspecified atom stereocenters. The van der Waals surface area contributed by atoms with Crippen LogP contribution in [0.15, 0.2) is 48.5 Å². The van der Waals surface area contributed by atoms with Gasteiger partial charge in [0.05, 0.1) is 7.11 Å². The molecule has 11 heteroatoms. The summed E-state index contributed by atoms with van der Waals surface area (Å²) in [7, 11) is -0.431. The Bertz CT molecular complexity index is 1000. The van der Waals surface area contributed by atoms with Crippen molar-refractivity contribution >= 4 is 30.6 Å². The third-order valence-electron chi connectivity index (χ3n) is 4.90. The number of benzene rings is 2. The minimum Gasteiger partial charge on any atom is -0.508 e. The van der Waals surface area contributed by atoms with Gasteiger partial charge in [-0.25, -0.2) is 9.59 Å². The number of ether oxygens (including phenoxy) is 2. The van der Waals surface area contributed by atoms with Crippen LogP contribution in [0.4, 0.5) is 4.79 Å². The van der Waals surface area contributed by atoms with Gasteiger partial charge in [0.25, 0.3) is 0 Å². The zero-order chi connectivity index (χ0) is 26.2. The van der Waals surface area contributed by atoms with E-state index in [1.54, 1.807) is 45.0 Å². The Morgan fingerprint density at radius 2 is 1.40 bits per heavy atom. The smallest absolute Gasteiger partial charge is 0.488 e. The average molecular weight is 486 g/mol. The quantitative estimate of drug-likeness (QED) is 0.252. The summed E-state index contributed by atoms with van der Waals surface area (Å²) in [6, 6.07) is 10.2. The van der Waals surface area contributed by atoms with E-state index in [0.717, 1.165) is 0 Å². The molecule has 2 amide bonds. The molecule has 0 aromatic heterocycles. The summed E-state index contributed by atoms with van der Waals surface area (Å²) in [6.07, 6.45) is -0.662. The molecular weight excluding hydrogens is 455 g/mol. The van der Waals surface area contributed by atoms with Crippen molar-refractivity contribution in [1.29, 1.82) is 0 Å². The van der Waals surface area contributed by atoms with E-state index < -0.39 is 42.8 Å². The predicted molar refractivity (Wildman–Crippen MR) is 129 cm³/mol. The lowest BCUT2D eigenvalue weighted by Gasteiger charge is -2.25. The predicted octanol–water partition coefficient (Wildman–Crippen LogP) is 0.408. The van der Waals surface area contributed by atoms with Crippen LogP contribution < -0.4 is 16.1 Å². The second-order valence-corrected chi connectivity index (χ2v) is 8.97. The van der Waals surface area contributed by atoms with E-state index in [2.05, 4.69) is 10.6 Å². The molecule has 188 valence electrons. The maximum Gasteiger partial charge on any atom is 0.488 e. The van der Waals surface area contributed by atoms with Crippen molar-refractivity contribution in [3.63, 3.8) is 0 Å². The van der Waals surface area contributed by atoms with Gasteiger partial charge in [0.1, 0.15) is 23.4 Å². The highest BCUT2D eigenvalue weighted by molar-refractivity contribution is 6.58. The summed E-state index contributed by atoms with van der Waals surface area (Å²) < 4.78 is 10.1. The first-order valence-electron chi connectivity index (χ1n) is 11.0. The van der Waals surface area contributed by atoms with E-state index in [0.29, 0.717) is 11.1 Å². The van der Waals surface area contributed by atoms with Crippen molar-refractivity contribution in [3.05, 3.63) is 59.7 Å².